The first kappa shape index (κ1) is 13.7. The van der Waals surface area contributed by atoms with Crippen LogP contribution in [0.25, 0.3) is 0 Å². The first-order valence-electron chi connectivity index (χ1n) is 5.89. The molecule has 17 heavy (non-hydrogen) atoms. The van der Waals surface area contributed by atoms with E-state index in [1.807, 2.05) is 0 Å². The van der Waals surface area contributed by atoms with Crippen LogP contribution < -0.4 is 5.73 Å². The molecule has 94 valence electrons. The van der Waals surface area contributed by atoms with Crippen molar-refractivity contribution in [2.45, 2.75) is 46.6 Å². The van der Waals surface area contributed by atoms with Gasteiger partial charge in [-0.05, 0) is 61.9 Å². The molecule has 1 atom stereocenters. The van der Waals surface area contributed by atoms with Crippen LogP contribution in [0, 0.1) is 27.7 Å². The van der Waals surface area contributed by atoms with Crippen molar-refractivity contribution < 1.29 is 9.90 Å². The predicted molar refractivity (Wildman–Crippen MR) is 69.2 cm³/mol. The van der Waals surface area contributed by atoms with Gasteiger partial charge >= 0.3 is 5.97 Å². The zero-order valence-corrected chi connectivity index (χ0v) is 11.0. The SMILES string of the molecule is Cc1cc(C(N)CCC(=O)O)c(C)c(C)c1C. The molecule has 0 aromatic heterocycles. The molecule has 0 fully saturated rings. The maximum absolute atomic E-state index is 10.6. The van der Waals surface area contributed by atoms with Crippen LogP contribution >= 0.6 is 0 Å². The predicted octanol–water partition coefficient (Wildman–Crippen LogP) is 2.78. The van der Waals surface area contributed by atoms with Gasteiger partial charge in [0.2, 0.25) is 0 Å². The quantitative estimate of drug-likeness (QED) is 0.843. The Labute approximate surface area is 103 Å². The molecular formula is C14H21NO2. The van der Waals surface area contributed by atoms with Gasteiger partial charge in [-0.3, -0.25) is 4.79 Å². The van der Waals surface area contributed by atoms with Crippen LogP contribution in [0.5, 0.6) is 0 Å². The van der Waals surface area contributed by atoms with E-state index in [9.17, 15) is 4.79 Å². The fourth-order valence-electron chi connectivity index (χ4n) is 2.06. The number of aryl methyl sites for hydroxylation is 1. The van der Waals surface area contributed by atoms with Gasteiger partial charge in [-0.25, -0.2) is 0 Å². The zero-order chi connectivity index (χ0) is 13.2. The minimum Gasteiger partial charge on any atom is -0.481 e. The average molecular weight is 235 g/mol. The van der Waals surface area contributed by atoms with Gasteiger partial charge in [0.1, 0.15) is 0 Å². The molecule has 0 radical (unpaired) electrons. The Hall–Kier alpha value is -1.35. The topological polar surface area (TPSA) is 63.3 Å². The largest absolute Gasteiger partial charge is 0.481 e. The zero-order valence-electron chi connectivity index (χ0n) is 11.0. The van der Waals surface area contributed by atoms with Gasteiger partial charge in [0.05, 0.1) is 0 Å². The maximum atomic E-state index is 10.6. The number of benzene rings is 1. The summed E-state index contributed by atoms with van der Waals surface area (Å²) in [5.41, 5.74) is 12.1. The lowest BCUT2D eigenvalue weighted by molar-refractivity contribution is -0.137. The van der Waals surface area contributed by atoms with Gasteiger partial charge in [-0.2, -0.15) is 0 Å². The normalized spacial score (nSPS) is 12.5. The molecule has 3 N–H and O–H groups in total. The summed E-state index contributed by atoms with van der Waals surface area (Å²) in [7, 11) is 0. The van der Waals surface area contributed by atoms with Gasteiger partial charge in [0.15, 0.2) is 0 Å². The third-order valence-corrected chi connectivity index (χ3v) is 3.59. The third-order valence-electron chi connectivity index (χ3n) is 3.59. The van der Waals surface area contributed by atoms with Crippen molar-refractivity contribution in [1.29, 1.82) is 0 Å². The van der Waals surface area contributed by atoms with Gasteiger partial charge in [0.25, 0.3) is 0 Å². The molecule has 1 aromatic rings. The molecule has 0 saturated heterocycles. The fourth-order valence-corrected chi connectivity index (χ4v) is 2.06. The van der Waals surface area contributed by atoms with E-state index in [1.54, 1.807) is 0 Å². The highest BCUT2D eigenvalue weighted by molar-refractivity contribution is 5.66. The molecule has 0 heterocycles. The fraction of sp³-hybridized carbons (Fsp3) is 0.500. The van der Waals surface area contributed by atoms with E-state index in [1.165, 1.54) is 22.3 Å². The summed E-state index contributed by atoms with van der Waals surface area (Å²) in [5.74, 6) is -0.793. The van der Waals surface area contributed by atoms with Crippen LogP contribution in [0.2, 0.25) is 0 Å². The third kappa shape index (κ3) is 3.07. The number of aliphatic carboxylic acids is 1. The Bertz CT molecular complexity index is 438. The van der Waals surface area contributed by atoms with Crippen molar-refractivity contribution in [1.82, 2.24) is 0 Å². The van der Waals surface area contributed by atoms with Crippen molar-refractivity contribution >= 4 is 5.97 Å². The summed E-state index contributed by atoms with van der Waals surface area (Å²) in [6, 6.07) is 1.90. The Kier molecular flexibility index (Phi) is 4.29. The second-order valence-corrected chi connectivity index (χ2v) is 4.70. The van der Waals surface area contributed by atoms with Crippen molar-refractivity contribution in [2.24, 2.45) is 5.73 Å². The number of carboxylic acids is 1. The van der Waals surface area contributed by atoms with Crippen molar-refractivity contribution in [3.05, 3.63) is 33.9 Å². The molecule has 3 heteroatoms. The average Bonchev–Trinajstić information content (AvgIpc) is 2.28. The molecule has 0 aliphatic rings. The molecule has 1 aromatic carbocycles. The van der Waals surface area contributed by atoms with Crippen molar-refractivity contribution in [3.63, 3.8) is 0 Å². The molecule has 0 amide bonds. The van der Waals surface area contributed by atoms with Crippen molar-refractivity contribution in [2.75, 3.05) is 0 Å². The number of hydrogen-bond donors (Lipinski definition) is 2. The first-order valence-corrected chi connectivity index (χ1v) is 5.89. The van der Waals surface area contributed by atoms with Crippen LogP contribution in [-0.4, -0.2) is 11.1 Å². The van der Waals surface area contributed by atoms with E-state index < -0.39 is 5.97 Å². The number of carbonyl (C=O) groups is 1. The molecule has 0 aliphatic heterocycles. The highest BCUT2D eigenvalue weighted by atomic mass is 16.4. The molecule has 3 nitrogen and oxygen atoms in total. The summed E-state index contributed by atoms with van der Waals surface area (Å²) in [6.07, 6.45) is 0.602. The smallest absolute Gasteiger partial charge is 0.303 e. The summed E-state index contributed by atoms with van der Waals surface area (Å²) < 4.78 is 0. The molecule has 0 bridgehead atoms. The Morgan fingerprint density at radius 2 is 1.82 bits per heavy atom. The second kappa shape index (κ2) is 5.32. The maximum Gasteiger partial charge on any atom is 0.303 e. The van der Waals surface area contributed by atoms with Crippen LogP contribution in [0.15, 0.2) is 6.07 Å². The van der Waals surface area contributed by atoms with E-state index in [0.29, 0.717) is 6.42 Å². The minimum atomic E-state index is -0.793. The Balaban J connectivity index is 3.02. The van der Waals surface area contributed by atoms with Gasteiger partial charge < -0.3 is 10.8 Å². The number of carboxylic acid groups (broad SMARTS) is 1. The van der Waals surface area contributed by atoms with Gasteiger partial charge in [-0.15, -0.1) is 0 Å². The summed E-state index contributed by atoms with van der Waals surface area (Å²) in [4.78, 5) is 10.6. The highest BCUT2D eigenvalue weighted by Crippen LogP contribution is 2.26. The van der Waals surface area contributed by atoms with Crippen LogP contribution in [0.1, 0.15) is 46.7 Å². The standard InChI is InChI=1S/C14H21NO2/c1-8-7-12(11(4)10(3)9(8)2)13(15)5-6-14(16)17/h7,13H,5-6,15H2,1-4H3,(H,16,17). The summed E-state index contributed by atoms with van der Waals surface area (Å²) in [6.45, 7) is 8.31. The van der Waals surface area contributed by atoms with Crippen LogP contribution in [-0.2, 0) is 4.79 Å². The summed E-state index contributed by atoms with van der Waals surface area (Å²) >= 11 is 0. The van der Waals surface area contributed by atoms with Crippen molar-refractivity contribution in [3.8, 4) is 0 Å². The first-order chi connectivity index (χ1) is 7.84. The Morgan fingerprint density at radius 1 is 1.24 bits per heavy atom. The van der Waals surface area contributed by atoms with E-state index in [0.717, 1.165) is 5.56 Å². The lowest BCUT2D eigenvalue weighted by Crippen LogP contribution is -2.15. The minimum absolute atomic E-state index is 0.118. The number of nitrogens with two attached hydrogens (primary N) is 1. The van der Waals surface area contributed by atoms with E-state index in [2.05, 4.69) is 33.8 Å². The number of hydrogen-bond acceptors (Lipinski definition) is 2. The second-order valence-electron chi connectivity index (χ2n) is 4.70. The molecule has 1 rings (SSSR count). The van der Waals surface area contributed by atoms with E-state index in [-0.39, 0.29) is 12.5 Å². The molecule has 0 spiro atoms. The van der Waals surface area contributed by atoms with E-state index >= 15 is 0 Å². The van der Waals surface area contributed by atoms with E-state index in [4.69, 9.17) is 10.8 Å². The van der Waals surface area contributed by atoms with Gasteiger partial charge in [0, 0.05) is 12.5 Å². The molecular weight excluding hydrogens is 214 g/mol. The van der Waals surface area contributed by atoms with Crippen LogP contribution in [0.3, 0.4) is 0 Å². The number of rotatable bonds is 4. The lowest BCUT2D eigenvalue weighted by atomic mass is 9.90. The highest BCUT2D eigenvalue weighted by Gasteiger charge is 2.14. The summed E-state index contributed by atoms with van der Waals surface area (Å²) in [5, 5.41) is 8.68. The monoisotopic (exact) mass is 235 g/mol. The van der Waals surface area contributed by atoms with Crippen LogP contribution in [0.4, 0.5) is 0 Å². The molecule has 0 saturated carbocycles. The Morgan fingerprint density at radius 3 is 2.35 bits per heavy atom. The molecule has 0 aliphatic carbocycles. The lowest BCUT2D eigenvalue weighted by Gasteiger charge is -2.19. The molecule has 1 unspecified atom stereocenters. The van der Waals surface area contributed by atoms with Gasteiger partial charge in [-0.1, -0.05) is 6.07 Å².